The van der Waals surface area contributed by atoms with Gasteiger partial charge in [-0.15, -0.1) is 0 Å². The molecule has 1 heteroatoms. The molecule has 0 aromatic heterocycles. The zero-order valence-electron chi connectivity index (χ0n) is 11.8. The van der Waals surface area contributed by atoms with Crippen LogP contribution < -0.4 is 0 Å². The fourth-order valence-electron chi connectivity index (χ4n) is 3.43. The van der Waals surface area contributed by atoms with Crippen LogP contribution in [0.3, 0.4) is 0 Å². The van der Waals surface area contributed by atoms with E-state index in [0.29, 0.717) is 11.7 Å². The van der Waals surface area contributed by atoms with Gasteiger partial charge in [0.25, 0.3) is 0 Å². The van der Waals surface area contributed by atoms with E-state index >= 15 is 0 Å². The van der Waals surface area contributed by atoms with Gasteiger partial charge in [-0.3, -0.25) is 4.79 Å². The Morgan fingerprint density at radius 3 is 2.39 bits per heavy atom. The largest absolute Gasteiger partial charge is 0.294 e. The smallest absolute Gasteiger partial charge is 0.166 e. The van der Waals surface area contributed by atoms with Crippen LogP contribution in [0.5, 0.6) is 0 Å². The number of carbonyl (C=O) groups excluding carboxylic acids is 1. The molecule has 0 bridgehead atoms. The first-order valence-corrected chi connectivity index (χ1v) is 7.25. The topological polar surface area (TPSA) is 17.1 Å². The Hall–Kier alpha value is -1.11. The van der Waals surface area contributed by atoms with Gasteiger partial charge in [0, 0.05) is 11.5 Å². The minimum absolute atomic E-state index is 0.267. The Labute approximate surface area is 111 Å². The molecule has 0 radical (unpaired) electrons. The number of hydrogen-bond donors (Lipinski definition) is 0. The quantitative estimate of drug-likeness (QED) is 0.704. The van der Waals surface area contributed by atoms with Crippen LogP contribution in [0.15, 0.2) is 18.2 Å². The number of benzene rings is 1. The molecule has 18 heavy (non-hydrogen) atoms. The van der Waals surface area contributed by atoms with Crippen molar-refractivity contribution in [3.8, 4) is 0 Å². The molecule has 1 aromatic carbocycles. The van der Waals surface area contributed by atoms with Gasteiger partial charge in [0.15, 0.2) is 5.78 Å². The van der Waals surface area contributed by atoms with Gasteiger partial charge in [0.05, 0.1) is 0 Å². The van der Waals surface area contributed by atoms with Crippen molar-refractivity contribution < 1.29 is 4.79 Å². The summed E-state index contributed by atoms with van der Waals surface area (Å²) in [5.41, 5.74) is 3.27. The van der Waals surface area contributed by atoms with Crippen molar-refractivity contribution in [2.24, 2.45) is 11.8 Å². The second-order valence-corrected chi connectivity index (χ2v) is 5.69. The van der Waals surface area contributed by atoms with Gasteiger partial charge in [-0.25, -0.2) is 0 Å². The average Bonchev–Trinajstić information content (AvgIpc) is 2.38. The molecule has 1 saturated carbocycles. The standard InChI is InChI=1S/C17H24O/c1-4-14-10-5-6-11-15(14)17(18)16-12(2)8-7-9-13(16)3/h7-9,14-15H,4-6,10-11H2,1-3H3. The van der Waals surface area contributed by atoms with Gasteiger partial charge in [-0.05, 0) is 43.7 Å². The van der Waals surface area contributed by atoms with E-state index in [4.69, 9.17) is 0 Å². The summed E-state index contributed by atoms with van der Waals surface area (Å²) in [7, 11) is 0. The van der Waals surface area contributed by atoms with Crippen LogP contribution in [0.1, 0.15) is 60.5 Å². The molecule has 1 nitrogen and oxygen atoms in total. The predicted octanol–water partition coefficient (Wildman–Crippen LogP) is 4.70. The molecule has 1 aliphatic rings. The molecule has 0 amide bonds. The van der Waals surface area contributed by atoms with E-state index in [1.807, 2.05) is 6.07 Å². The van der Waals surface area contributed by atoms with E-state index in [1.54, 1.807) is 0 Å². The second-order valence-electron chi connectivity index (χ2n) is 5.69. The zero-order valence-corrected chi connectivity index (χ0v) is 11.8. The highest BCUT2D eigenvalue weighted by Gasteiger charge is 2.31. The first kappa shape index (κ1) is 13.3. The van der Waals surface area contributed by atoms with Crippen LogP contribution in [-0.4, -0.2) is 5.78 Å². The highest BCUT2D eigenvalue weighted by molar-refractivity contribution is 6.00. The minimum atomic E-state index is 0.267. The fraction of sp³-hybridized carbons (Fsp3) is 0.588. The molecule has 1 aromatic rings. The predicted molar refractivity (Wildman–Crippen MR) is 76.0 cm³/mol. The van der Waals surface area contributed by atoms with Crippen molar-refractivity contribution in [1.29, 1.82) is 0 Å². The number of Topliss-reactive ketones (excluding diaryl/α,β-unsaturated/α-hetero) is 1. The van der Waals surface area contributed by atoms with Crippen LogP contribution in [-0.2, 0) is 0 Å². The Morgan fingerprint density at radius 2 is 1.78 bits per heavy atom. The second kappa shape index (κ2) is 5.69. The Balaban J connectivity index is 2.30. The maximum Gasteiger partial charge on any atom is 0.166 e. The monoisotopic (exact) mass is 244 g/mol. The van der Waals surface area contributed by atoms with Crippen molar-refractivity contribution in [2.75, 3.05) is 0 Å². The summed E-state index contributed by atoms with van der Waals surface area (Å²) < 4.78 is 0. The molecular weight excluding hydrogens is 220 g/mol. The maximum atomic E-state index is 12.8. The Morgan fingerprint density at radius 1 is 1.17 bits per heavy atom. The Bertz CT molecular complexity index is 413. The summed E-state index contributed by atoms with van der Waals surface area (Å²) in [6.45, 7) is 6.34. The molecule has 98 valence electrons. The van der Waals surface area contributed by atoms with Crippen molar-refractivity contribution >= 4 is 5.78 Å². The first-order valence-electron chi connectivity index (χ1n) is 7.25. The minimum Gasteiger partial charge on any atom is -0.294 e. The summed E-state index contributed by atoms with van der Waals surface area (Å²) in [6, 6.07) is 6.16. The SMILES string of the molecule is CCC1CCCCC1C(=O)c1c(C)cccc1C. The summed E-state index contributed by atoms with van der Waals surface area (Å²) in [6.07, 6.45) is 5.98. The van der Waals surface area contributed by atoms with Crippen LogP contribution in [0.2, 0.25) is 0 Å². The fourth-order valence-corrected chi connectivity index (χ4v) is 3.43. The van der Waals surface area contributed by atoms with Crippen molar-refractivity contribution in [2.45, 2.75) is 52.9 Å². The number of ketones is 1. The van der Waals surface area contributed by atoms with Crippen LogP contribution in [0.4, 0.5) is 0 Å². The zero-order chi connectivity index (χ0) is 13.1. The number of aryl methyl sites for hydroxylation is 2. The van der Waals surface area contributed by atoms with Crippen LogP contribution >= 0.6 is 0 Å². The van der Waals surface area contributed by atoms with Gasteiger partial charge in [0.2, 0.25) is 0 Å². The molecule has 0 aliphatic heterocycles. The molecule has 0 spiro atoms. The molecule has 2 unspecified atom stereocenters. The van der Waals surface area contributed by atoms with Gasteiger partial charge in [-0.1, -0.05) is 44.4 Å². The number of carbonyl (C=O) groups is 1. The molecule has 1 aliphatic carbocycles. The van der Waals surface area contributed by atoms with Gasteiger partial charge in [-0.2, -0.15) is 0 Å². The van der Waals surface area contributed by atoms with E-state index < -0.39 is 0 Å². The lowest BCUT2D eigenvalue weighted by Crippen LogP contribution is -2.28. The summed E-state index contributed by atoms with van der Waals surface area (Å²) >= 11 is 0. The van der Waals surface area contributed by atoms with Gasteiger partial charge in [0.1, 0.15) is 0 Å². The number of rotatable bonds is 3. The first-order chi connectivity index (χ1) is 8.65. The van der Waals surface area contributed by atoms with Crippen molar-refractivity contribution in [1.82, 2.24) is 0 Å². The normalized spacial score (nSPS) is 23.9. The van der Waals surface area contributed by atoms with E-state index in [1.165, 1.54) is 19.3 Å². The van der Waals surface area contributed by atoms with E-state index in [-0.39, 0.29) is 5.92 Å². The lowest BCUT2D eigenvalue weighted by Gasteiger charge is -2.30. The van der Waals surface area contributed by atoms with Crippen molar-refractivity contribution in [3.05, 3.63) is 34.9 Å². The highest BCUT2D eigenvalue weighted by atomic mass is 16.1. The van der Waals surface area contributed by atoms with E-state index in [9.17, 15) is 4.79 Å². The summed E-state index contributed by atoms with van der Waals surface area (Å²) in [5.74, 6) is 1.27. The third kappa shape index (κ3) is 2.50. The van der Waals surface area contributed by atoms with Crippen LogP contribution in [0, 0.1) is 25.7 Å². The molecule has 0 N–H and O–H groups in total. The lowest BCUT2D eigenvalue weighted by molar-refractivity contribution is 0.0819. The molecule has 1 fully saturated rings. The number of hydrogen-bond acceptors (Lipinski definition) is 1. The van der Waals surface area contributed by atoms with Crippen molar-refractivity contribution in [3.63, 3.8) is 0 Å². The molecular formula is C17H24O. The van der Waals surface area contributed by atoms with E-state index in [0.717, 1.165) is 29.5 Å². The van der Waals surface area contributed by atoms with Gasteiger partial charge < -0.3 is 0 Å². The molecule has 0 saturated heterocycles. The third-order valence-corrected chi connectivity index (χ3v) is 4.50. The average molecular weight is 244 g/mol. The maximum absolute atomic E-state index is 12.8. The van der Waals surface area contributed by atoms with Gasteiger partial charge >= 0.3 is 0 Å². The third-order valence-electron chi connectivity index (χ3n) is 4.50. The summed E-state index contributed by atoms with van der Waals surface area (Å²) in [5, 5.41) is 0. The highest BCUT2D eigenvalue weighted by Crippen LogP contribution is 2.35. The summed E-state index contributed by atoms with van der Waals surface area (Å²) in [4.78, 5) is 12.8. The van der Waals surface area contributed by atoms with E-state index in [2.05, 4.69) is 32.9 Å². The molecule has 2 rings (SSSR count). The molecule has 2 atom stereocenters. The Kier molecular flexibility index (Phi) is 4.21. The van der Waals surface area contributed by atoms with Crippen LogP contribution in [0.25, 0.3) is 0 Å². The lowest BCUT2D eigenvalue weighted by atomic mass is 9.73. The molecule has 0 heterocycles.